The second kappa shape index (κ2) is 7.24. The quantitative estimate of drug-likeness (QED) is 0.534. The molecule has 1 aromatic heterocycles. The van der Waals surface area contributed by atoms with Crippen LogP contribution in [0.15, 0.2) is 48.5 Å². The first-order chi connectivity index (χ1) is 14.2. The Morgan fingerprint density at radius 3 is 2.63 bits per heavy atom. The van der Waals surface area contributed by atoms with Crippen LogP contribution in [0.4, 0.5) is 18.9 Å². The van der Waals surface area contributed by atoms with Crippen molar-refractivity contribution in [3.8, 4) is 5.75 Å². The summed E-state index contributed by atoms with van der Waals surface area (Å²) in [6.07, 6.45) is -3.40. The van der Waals surface area contributed by atoms with E-state index in [2.05, 4.69) is 10.1 Å². The average Bonchev–Trinajstić information content (AvgIpc) is 3.35. The summed E-state index contributed by atoms with van der Waals surface area (Å²) < 4.78 is 43.4. The SMILES string of the molecule is Nc1ccc2c(c1)cc(C(=O)NC1(CO)CC1)n2Cc1cccc(OC(F)(F)F)c1. The van der Waals surface area contributed by atoms with Gasteiger partial charge in [-0.05, 0) is 54.8 Å². The number of fused-ring (bicyclic) bond motifs is 1. The largest absolute Gasteiger partial charge is 0.573 e. The predicted molar refractivity (Wildman–Crippen MR) is 105 cm³/mol. The molecule has 0 unspecified atom stereocenters. The number of halogens is 3. The summed E-state index contributed by atoms with van der Waals surface area (Å²) in [6.45, 7) is 0.0000958. The van der Waals surface area contributed by atoms with Crippen molar-refractivity contribution in [1.29, 1.82) is 0 Å². The molecule has 0 saturated heterocycles. The highest BCUT2D eigenvalue weighted by Gasteiger charge is 2.44. The van der Waals surface area contributed by atoms with Crippen LogP contribution in [0.25, 0.3) is 10.9 Å². The van der Waals surface area contributed by atoms with Gasteiger partial charge in [0.1, 0.15) is 11.4 Å². The Labute approximate surface area is 170 Å². The number of rotatable bonds is 6. The maximum Gasteiger partial charge on any atom is 0.573 e. The molecule has 4 rings (SSSR count). The van der Waals surface area contributed by atoms with E-state index in [-0.39, 0.29) is 24.8 Å². The maximum atomic E-state index is 12.9. The van der Waals surface area contributed by atoms with Crippen LogP contribution in [0.3, 0.4) is 0 Å². The zero-order chi connectivity index (χ0) is 21.5. The first-order valence-corrected chi connectivity index (χ1v) is 9.35. The third-order valence-electron chi connectivity index (χ3n) is 5.17. The van der Waals surface area contributed by atoms with Gasteiger partial charge in [0.2, 0.25) is 0 Å². The Morgan fingerprint density at radius 2 is 1.97 bits per heavy atom. The van der Waals surface area contributed by atoms with Crippen molar-refractivity contribution >= 4 is 22.5 Å². The number of anilines is 1. The monoisotopic (exact) mass is 419 g/mol. The Balaban J connectivity index is 1.70. The molecule has 0 spiro atoms. The number of carbonyl (C=O) groups is 1. The number of hydrogen-bond donors (Lipinski definition) is 3. The van der Waals surface area contributed by atoms with E-state index in [9.17, 15) is 23.1 Å². The number of aliphatic hydroxyl groups excluding tert-OH is 1. The van der Waals surface area contributed by atoms with Crippen molar-refractivity contribution < 1.29 is 27.8 Å². The molecule has 0 atom stereocenters. The Hall–Kier alpha value is -3.20. The molecule has 0 aliphatic heterocycles. The van der Waals surface area contributed by atoms with Crippen molar-refractivity contribution in [3.05, 3.63) is 59.8 Å². The number of nitrogen functional groups attached to an aromatic ring is 1. The fraction of sp³-hybridized carbons (Fsp3) is 0.286. The van der Waals surface area contributed by atoms with Crippen molar-refractivity contribution in [3.63, 3.8) is 0 Å². The predicted octanol–water partition coefficient (Wildman–Crippen LogP) is 3.43. The highest BCUT2D eigenvalue weighted by molar-refractivity contribution is 6.00. The van der Waals surface area contributed by atoms with Crippen LogP contribution < -0.4 is 15.8 Å². The van der Waals surface area contributed by atoms with Crippen LogP contribution in [-0.4, -0.2) is 34.1 Å². The summed E-state index contributed by atoms with van der Waals surface area (Å²) in [5.74, 6) is -0.692. The average molecular weight is 419 g/mol. The number of hydrogen-bond acceptors (Lipinski definition) is 4. The minimum atomic E-state index is -4.79. The van der Waals surface area contributed by atoms with E-state index in [1.165, 1.54) is 18.2 Å². The van der Waals surface area contributed by atoms with Crippen LogP contribution in [0, 0.1) is 0 Å². The fourth-order valence-corrected chi connectivity index (χ4v) is 3.45. The third kappa shape index (κ3) is 4.20. The first kappa shape index (κ1) is 20.1. The lowest BCUT2D eigenvalue weighted by Crippen LogP contribution is -2.40. The van der Waals surface area contributed by atoms with Crippen LogP contribution in [0.2, 0.25) is 0 Å². The van der Waals surface area contributed by atoms with Gasteiger partial charge in [-0.3, -0.25) is 4.79 Å². The topological polar surface area (TPSA) is 89.5 Å². The van der Waals surface area contributed by atoms with E-state index in [1.54, 1.807) is 34.9 Å². The molecule has 1 amide bonds. The van der Waals surface area contributed by atoms with E-state index < -0.39 is 11.9 Å². The third-order valence-corrected chi connectivity index (χ3v) is 5.17. The number of aliphatic hydroxyl groups is 1. The second-order valence-electron chi connectivity index (χ2n) is 7.52. The van der Waals surface area contributed by atoms with Crippen molar-refractivity contribution in [2.24, 2.45) is 0 Å². The summed E-state index contributed by atoms with van der Waals surface area (Å²) in [4.78, 5) is 12.9. The summed E-state index contributed by atoms with van der Waals surface area (Å²) in [5, 5.41) is 13.1. The molecule has 4 N–H and O–H groups in total. The molecule has 2 aromatic carbocycles. The van der Waals surface area contributed by atoms with Gasteiger partial charge in [0.05, 0.1) is 12.1 Å². The standard InChI is InChI=1S/C21H20F3N3O3/c22-21(23,24)30-16-3-1-2-13(8-16)11-27-17-5-4-15(25)9-14(17)10-18(27)19(29)26-20(12-28)6-7-20/h1-5,8-10,28H,6-7,11-12,25H2,(H,26,29). The number of nitrogens with zero attached hydrogens (tertiary/aromatic N) is 1. The fourth-order valence-electron chi connectivity index (χ4n) is 3.45. The summed E-state index contributed by atoms with van der Waals surface area (Å²) in [7, 11) is 0. The lowest BCUT2D eigenvalue weighted by molar-refractivity contribution is -0.274. The number of amides is 1. The Morgan fingerprint density at radius 1 is 1.20 bits per heavy atom. The van der Waals surface area contributed by atoms with Crippen molar-refractivity contribution in [1.82, 2.24) is 9.88 Å². The molecular formula is C21H20F3N3O3. The molecule has 1 fully saturated rings. The van der Waals surface area contributed by atoms with Crippen LogP contribution >= 0.6 is 0 Å². The van der Waals surface area contributed by atoms with Crippen molar-refractivity contribution in [2.45, 2.75) is 31.3 Å². The van der Waals surface area contributed by atoms with Crippen LogP contribution in [0.5, 0.6) is 5.75 Å². The highest BCUT2D eigenvalue weighted by atomic mass is 19.4. The number of alkyl halides is 3. The Bertz CT molecular complexity index is 1100. The van der Waals surface area contributed by atoms with Gasteiger partial charge in [-0.1, -0.05) is 12.1 Å². The van der Waals surface area contributed by atoms with Crippen LogP contribution in [0.1, 0.15) is 28.9 Å². The summed E-state index contributed by atoms with van der Waals surface area (Å²) in [5.41, 5.74) is 7.36. The smallest absolute Gasteiger partial charge is 0.406 e. The first-order valence-electron chi connectivity index (χ1n) is 9.35. The molecule has 3 aromatic rings. The highest BCUT2D eigenvalue weighted by Crippen LogP contribution is 2.35. The zero-order valence-electron chi connectivity index (χ0n) is 15.9. The van der Waals surface area contributed by atoms with E-state index in [0.717, 1.165) is 5.39 Å². The zero-order valence-corrected chi connectivity index (χ0v) is 15.9. The van der Waals surface area contributed by atoms with Gasteiger partial charge < -0.3 is 25.5 Å². The molecule has 1 aliphatic rings. The molecule has 1 aliphatic carbocycles. The van der Waals surface area contributed by atoms with Crippen molar-refractivity contribution in [2.75, 3.05) is 12.3 Å². The van der Waals surface area contributed by atoms with Gasteiger partial charge in [-0.15, -0.1) is 13.2 Å². The number of carbonyl (C=O) groups excluding carboxylic acids is 1. The van der Waals surface area contributed by atoms with Gasteiger partial charge in [0.15, 0.2) is 0 Å². The summed E-state index contributed by atoms with van der Waals surface area (Å²) >= 11 is 0. The molecule has 158 valence electrons. The Kier molecular flexibility index (Phi) is 4.85. The molecular weight excluding hydrogens is 399 g/mol. The summed E-state index contributed by atoms with van der Waals surface area (Å²) in [6, 6.07) is 12.5. The second-order valence-corrected chi connectivity index (χ2v) is 7.52. The van der Waals surface area contributed by atoms with E-state index in [0.29, 0.717) is 35.3 Å². The van der Waals surface area contributed by atoms with E-state index in [1.807, 2.05) is 0 Å². The molecule has 1 saturated carbocycles. The number of nitrogens with two attached hydrogens (primary N) is 1. The number of benzene rings is 2. The minimum absolute atomic E-state index is 0.150. The van der Waals surface area contributed by atoms with Gasteiger partial charge in [-0.25, -0.2) is 0 Å². The van der Waals surface area contributed by atoms with Gasteiger partial charge >= 0.3 is 6.36 Å². The number of nitrogens with one attached hydrogen (secondary N) is 1. The molecule has 0 bridgehead atoms. The number of ether oxygens (including phenoxy) is 1. The van der Waals surface area contributed by atoms with Crippen LogP contribution in [-0.2, 0) is 6.54 Å². The number of aromatic nitrogens is 1. The van der Waals surface area contributed by atoms with E-state index in [4.69, 9.17) is 5.73 Å². The minimum Gasteiger partial charge on any atom is -0.406 e. The van der Waals surface area contributed by atoms with Gasteiger partial charge in [0.25, 0.3) is 5.91 Å². The van der Waals surface area contributed by atoms with E-state index >= 15 is 0 Å². The van der Waals surface area contributed by atoms with Gasteiger partial charge in [0, 0.05) is 23.1 Å². The van der Waals surface area contributed by atoms with Gasteiger partial charge in [-0.2, -0.15) is 0 Å². The lowest BCUT2D eigenvalue weighted by Gasteiger charge is -2.16. The normalized spacial score (nSPS) is 15.2. The molecule has 0 radical (unpaired) electrons. The molecule has 6 nitrogen and oxygen atoms in total. The molecule has 1 heterocycles. The maximum absolute atomic E-state index is 12.9. The lowest BCUT2D eigenvalue weighted by atomic mass is 10.2. The molecule has 30 heavy (non-hydrogen) atoms. The molecule has 9 heteroatoms.